The SMILES string of the molecule is CC1(c2cccc(OCc3ccccc3)c2)OC(=O)C2=C1CN(C(=O)NCc1ccccc1)CC2. The second kappa shape index (κ2) is 9.66. The Hall–Kier alpha value is -4.06. The Bertz CT molecular complexity index is 1260. The zero-order valence-corrected chi connectivity index (χ0v) is 19.7. The minimum atomic E-state index is -0.948. The summed E-state index contributed by atoms with van der Waals surface area (Å²) < 4.78 is 11.9. The monoisotopic (exact) mass is 468 g/mol. The van der Waals surface area contributed by atoms with Gasteiger partial charge in [0, 0.05) is 36.3 Å². The molecule has 1 atom stereocenters. The molecule has 2 aliphatic rings. The summed E-state index contributed by atoms with van der Waals surface area (Å²) in [4.78, 5) is 27.4. The number of amides is 2. The van der Waals surface area contributed by atoms with Crippen LogP contribution in [-0.2, 0) is 28.3 Å². The zero-order valence-electron chi connectivity index (χ0n) is 19.7. The number of cyclic esters (lactones) is 1. The van der Waals surface area contributed by atoms with Gasteiger partial charge >= 0.3 is 12.0 Å². The molecule has 5 rings (SSSR count). The highest BCUT2D eigenvalue weighted by Crippen LogP contribution is 2.44. The number of nitrogens with zero attached hydrogens (tertiary/aromatic N) is 1. The van der Waals surface area contributed by atoms with Crippen LogP contribution in [-0.4, -0.2) is 30.0 Å². The van der Waals surface area contributed by atoms with Crippen LogP contribution in [0.3, 0.4) is 0 Å². The van der Waals surface area contributed by atoms with E-state index in [-0.39, 0.29) is 12.0 Å². The molecular weight excluding hydrogens is 440 g/mol. The number of hydrogen-bond acceptors (Lipinski definition) is 4. The maximum Gasteiger partial charge on any atom is 0.335 e. The lowest BCUT2D eigenvalue weighted by molar-refractivity contribution is -0.146. The summed E-state index contributed by atoms with van der Waals surface area (Å²) in [5, 5.41) is 2.99. The van der Waals surface area contributed by atoms with Crippen LogP contribution >= 0.6 is 0 Å². The van der Waals surface area contributed by atoms with Crippen molar-refractivity contribution >= 4 is 12.0 Å². The van der Waals surface area contributed by atoms with Crippen molar-refractivity contribution in [2.24, 2.45) is 0 Å². The van der Waals surface area contributed by atoms with E-state index in [4.69, 9.17) is 9.47 Å². The molecule has 35 heavy (non-hydrogen) atoms. The topological polar surface area (TPSA) is 67.9 Å². The van der Waals surface area contributed by atoms with E-state index in [0.717, 1.165) is 22.3 Å². The first-order valence-electron chi connectivity index (χ1n) is 11.8. The fraction of sp³-hybridized carbons (Fsp3) is 0.241. The molecule has 2 aliphatic heterocycles. The maximum atomic E-state index is 12.9. The number of nitrogens with one attached hydrogen (secondary N) is 1. The summed E-state index contributed by atoms with van der Waals surface area (Å²) in [6.45, 7) is 3.62. The lowest BCUT2D eigenvalue weighted by atomic mass is 9.84. The van der Waals surface area contributed by atoms with Crippen LogP contribution in [0.25, 0.3) is 0 Å². The van der Waals surface area contributed by atoms with Crippen molar-refractivity contribution in [1.82, 2.24) is 10.2 Å². The fourth-order valence-corrected chi connectivity index (χ4v) is 4.65. The van der Waals surface area contributed by atoms with Crippen LogP contribution in [0.15, 0.2) is 96.1 Å². The van der Waals surface area contributed by atoms with E-state index in [1.54, 1.807) is 4.90 Å². The van der Waals surface area contributed by atoms with Crippen LogP contribution in [0.5, 0.6) is 5.75 Å². The van der Waals surface area contributed by atoms with Crippen molar-refractivity contribution in [3.8, 4) is 5.75 Å². The molecule has 3 aromatic rings. The van der Waals surface area contributed by atoms with Gasteiger partial charge in [0.15, 0.2) is 5.60 Å². The Kier molecular flexibility index (Phi) is 6.27. The van der Waals surface area contributed by atoms with Crippen molar-refractivity contribution in [3.63, 3.8) is 0 Å². The molecule has 1 N–H and O–H groups in total. The van der Waals surface area contributed by atoms with Gasteiger partial charge in [0.1, 0.15) is 12.4 Å². The predicted octanol–water partition coefficient (Wildman–Crippen LogP) is 4.95. The fourth-order valence-electron chi connectivity index (χ4n) is 4.65. The standard InChI is InChI=1S/C29H28N2O4/c1-29(23-13-8-14-24(17-23)34-20-22-11-6-3-7-12-22)26-19-31(16-15-25(26)27(32)35-29)28(33)30-18-21-9-4-2-5-10-21/h2-14,17H,15-16,18-20H2,1H3,(H,30,33). The smallest absolute Gasteiger partial charge is 0.335 e. The van der Waals surface area contributed by atoms with Crippen LogP contribution in [0.2, 0.25) is 0 Å². The van der Waals surface area contributed by atoms with Gasteiger partial charge in [0.05, 0.1) is 0 Å². The van der Waals surface area contributed by atoms with E-state index < -0.39 is 5.60 Å². The Morgan fingerprint density at radius 2 is 1.71 bits per heavy atom. The number of esters is 1. The van der Waals surface area contributed by atoms with Gasteiger partial charge in [-0.3, -0.25) is 0 Å². The van der Waals surface area contributed by atoms with Gasteiger partial charge in [-0.25, -0.2) is 9.59 Å². The number of carbonyl (C=O) groups excluding carboxylic acids is 2. The van der Waals surface area contributed by atoms with Crippen LogP contribution in [0.1, 0.15) is 30.0 Å². The largest absolute Gasteiger partial charge is 0.489 e. The van der Waals surface area contributed by atoms with Gasteiger partial charge in [-0.1, -0.05) is 72.8 Å². The van der Waals surface area contributed by atoms with E-state index in [1.807, 2.05) is 91.9 Å². The summed E-state index contributed by atoms with van der Waals surface area (Å²) in [6.07, 6.45) is 0.479. The van der Waals surface area contributed by atoms with Gasteiger partial charge in [0.2, 0.25) is 0 Å². The molecule has 0 aliphatic carbocycles. The van der Waals surface area contributed by atoms with Crippen molar-refractivity contribution in [1.29, 1.82) is 0 Å². The lowest BCUT2D eigenvalue weighted by Crippen LogP contribution is -2.45. The van der Waals surface area contributed by atoms with E-state index in [9.17, 15) is 9.59 Å². The molecule has 0 aromatic heterocycles. The molecule has 0 spiro atoms. The first-order chi connectivity index (χ1) is 17.0. The van der Waals surface area contributed by atoms with Gasteiger partial charge in [0.25, 0.3) is 0 Å². The molecule has 0 fully saturated rings. The normalized spacial score (nSPS) is 19.2. The molecule has 2 amide bonds. The highest BCUT2D eigenvalue weighted by molar-refractivity contribution is 5.94. The van der Waals surface area contributed by atoms with Gasteiger partial charge in [-0.05, 0) is 36.6 Å². The highest BCUT2D eigenvalue weighted by atomic mass is 16.6. The van der Waals surface area contributed by atoms with E-state index in [0.29, 0.717) is 44.0 Å². The minimum Gasteiger partial charge on any atom is -0.489 e. The van der Waals surface area contributed by atoms with E-state index >= 15 is 0 Å². The average molecular weight is 469 g/mol. The summed E-state index contributed by atoms with van der Waals surface area (Å²) >= 11 is 0. The molecule has 6 heteroatoms. The molecule has 6 nitrogen and oxygen atoms in total. The Balaban J connectivity index is 1.31. The number of hydrogen-bond donors (Lipinski definition) is 1. The third kappa shape index (κ3) is 4.78. The number of ether oxygens (including phenoxy) is 2. The molecule has 0 bridgehead atoms. The van der Waals surface area contributed by atoms with Crippen molar-refractivity contribution < 1.29 is 19.1 Å². The lowest BCUT2D eigenvalue weighted by Gasteiger charge is -2.33. The Morgan fingerprint density at radius 1 is 1.00 bits per heavy atom. The first-order valence-corrected chi connectivity index (χ1v) is 11.8. The second-order valence-electron chi connectivity index (χ2n) is 9.00. The van der Waals surface area contributed by atoms with Gasteiger partial charge in [-0.15, -0.1) is 0 Å². The summed E-state index contributed by atoms with van der Waals surface area (Å²) in [5.41, 5.74) is 3.50. The Morgan fingerprint density at radius 3 is 2.46 bits per heavy atom. The summed E-state index contributed by atoms with van der Waals surface area (Å²) in [6, 6.07) is 27.3. The van der Waals surface area contributed by atoms with E-state index in [1.165, 1.54) is 0 Å². The molecule has 1 unspecified atom stereocenters. The molecule has 2 heterocycles. The first kappa shape index (κ1) is 22.7. The number of benzene rings is 3. The van der Waals surface area contributed by atoms with Crippen molar-refractivity contribution in [3.05, 3.63) is 113 Å². The molecule has 0 radical (unpaired) electrons. The Labute approximate surface area is 205 Å². The van der Waals surface area contributed by atoms with Crippen molar-refractivity contribution in [2.45, 2.75) is 32.1 Å². The summed E-state index contributed by atoms with van der Waals surface area (Å²) in [5.74, 6) is 0.397. The third-order valence-electron chi connectivity index (χ3n) is 6.67. The molecule has 3 aromatic carbocycles. The third-order valence-corrected chi connectivity index (χ3v) is 6.67. The van der Waals surface area contributed by atoms with Gasteiger partial charge in [-0.2, -0.15) is 0 Å². The summed E-state index contributed by atoms with van der Waals surface area (Å²) in [7, 11) is 0. The van der Waals surface area contributed by atoms with Gasteiger partial charge < -0.3 is 19.7 Å². The molecule has 178 valence electrons. The quantitative estimate of drug-likeness (QED) is 0.520. The van der Waals surface area contributed by atoms with Crippen LogP contribution in [0, 0.1) is 0 Å². The maximum absolute atomic E-state index is 12.9. The minimum absolute atomic E-state index is 0.151. The predicted molar refractivity (Wildman–Crippen MR) is 133 cm³/mol. The number of carbonyl (C=O) groups is 2. The highest BCUT2D eigenvalue weighted by Gasteiger charge is 2.47. The van der Waals surface area contributed by atoms with Crippen molar-refractivity contribution in [2.75, 3.05) is 13.1 Å². The molecule has 0 saturated heterocycles. The molecular formula is C29H28N2O4. The second-order valence-corrected chi connectivity index (χ2v) is 9.00. The number of rotatable bonds is 6. The molecule has 0 saturated carbocycles. The van der Waals surface area contributed by atoms with E-state index in [2.05, 4.69) is 5.32 Å². The number of urea groups is 1. The van der Waals surface area contributed by atoms with Crippen LogP contribution < -0.4 is 10.1 Å². The van der Waals surface area contributed by atoms with Crippen LogP contribution in [0.4, 0.5) is 4.79 Å². The average Bonchev–Trinajstić information content (AvgIpc) is 3.17. The zero-order chi connectivity index (χ0) is 24.3.